The Balaban J connectivity index is 1.17. The molecular weight excluding hydrogens is 916 g/mol. The predicted octanol–water partition coefficient (Wildman–Crippen LogP) is 17.5. The molecule has 0 fully saturated rings. The molecule has 1 aliphatic carbocycles. The number of fused-ring (bicyclic) bond motifs is 7. The summed E-state index contributed by atoms with van der Waals surface area (Å²) < 4.78 is 7.41. The molecule has 0 spiro atoms. The number of ether oxygens (including phenoxy) is 1. The molecular formula is C69H65BN2OS. The van der Waals surface area contributed by atoms with Crippen molar-refractivity contribution in [2.75, 3.05) is 9.80 Å². The van der Waals surface area contributed by atoms with Crippen molar-refractivity contribution in [3.63, 3.8) is 0 Å². The molecule has 0 saturated heterocycles. The summed E-state index contributed by atoms with van der Waals surface area (Å²) in [5.74, 6) is 1.79. The van der Waals surface area contributed by atoms with Crippen LogP contribution in [0.3, 0.4) is 0 Å². The average Bonchev–Trinajstić information content (AvgIpc) is 3.74. The largest absolute Gasteiger partial charge is 0.458 e. The fourth-order valence-electron chi connectivity index (χ4n) is 11.6. The normalized spacial score (nSPS) is 13.4. The minimum atomic E-state index is -0.0899. The topological polar surface area (TPSA) is 15.7 Å². The summed E-state index contributed by atoms with van der Waals surface area (Å²) >= 11 is 1.81. The summed E-state index contributed by atoms with van der Waals surface area (Å²) in [7, 11) is 0. The monoisotopic (exact) mass is 980 g/mol. The van der Waals surface area contributed by atoms with E-state index in [1.54, 1.807) is 0 Å². The molecule has 74 heavy (non-hydrogen) atoms. The molecule has 0 saturated carbocycles. The quantitative estimate of drug-likeness (QED) is 0.148. The van der Waals surface area contributed by atoms with E-state index in [-0.39, 0.29) is 23.0 Å². The third-order valence-corrected chi connectivity index (χ3v) is 16.6. The van der Waals surface area contributed by atoms with E-state index >= 15 is 0 Å². The Hall–Kier alpha value is -7.21. The Labute approximate surface area is 444 Å². The second-order valence-corrected chi connectivity index (χ2v) is 25.1. The van der Waals surface area contributed by atoms with Gasteiger partial charge in [-0.25, -0.2) is 0 Å². The highest BCUT2D eigenvalue weighted by Gasteiger charge is 2.44. The van der Waals surface area contributed by atoms with E-state index in [4.69, 9.17) is 4.74 Å². The molecule has 2 aliphatic heterocycles. The van der Waals surface area contributed by atoms with E-state index in [1.165, 1.54) is 93.1 Å². The van der Waals surface area contributed by atoms with E-state index in [2.05, 4.69) is 268 Å². The molecule has 0 bridgehead atoms. The van der Waals surface area contributed by atoms with E-state index in [1.807, 2.05) is 11.8 Å². The van der Waals surface area contributed by atoms with Gasteiger partial charge in [0.05, 0.1) is 11.4 Å². The van der Waals surface area contributed by atoms with Gasteiger partial charge in [0.2, 0.25) is 0 Å². The van der Waals surface area contributed by atoms with Gasteiger partial charge >= 0.3 is 0 Å². The van der Waals surface area contributed by atoms with Crippen LogP contribution in [0.25, 0.3) is 22.3 Å². The maximum Gasteiger partial charge on any atom is 0.256 e. The van der Waals surface area contributed by atoms with Gasteiger partial charge in [0, 0.05) is 44.2 Å². The lowest BCUT2D eigenvalue weighted by Crippen LogP contribution is -2.59. The van der Waals surface area contributed by atoms with Gasteiger partial charge in [0.1, 0.15) is 11.5 Å². The molecule has 0 aromatic heterocycles. The van der Waals surface area contributed by atoms with E-state index in [0.29, 0.717) is 0 Å². The van der Waals surface area contributed by atoms with Gasteiger partial charge in [-0.2, -0.15) is 0 Å². The summed E-state index contributed by atoms with van der Waals surface area (Å²) in [5, 5.41) is 0. The number of nitrogens with zero attached hydrogens (tertiary/aromatic N) is 2. The zero-order chi connectivity index (χ0) is 51.4. The Morgan fingerprint density at radius 1 is 0.473 bits per heavy atom. The van der Waals surface area contributed by atoms with Crippen LogP contribution in [0.4, 0.5) is 34.1 Å². The first kappa shape index (κ1) is 47.8. The number of rotatable bonds is 7. The molecule has 3 nitrogen and oxygen atoms in total. The van der Waals surface area contributed by atoms with Crippen LogP contribution < -0.4 is 30.9 Å². The smallest absolute Gasteiger partial charge is 0.256 e. The van der Waals surface area contributed by atoms with Crippen LogP contribution in [-0.4, -0.2) is 6.71 Å². The second-order valence-electron chi connectivity index (χ2n) is 24.0. The molecule has 9 aromatic rings. The molecule has 5 heteroatoms. The van der Waals surface area contributed by atoms with Gasteiger partial charge in [0.15, 0.2) is 0 Å². The molecule has 0 radical (unpaired) electrons. The second kappa shape index (κ2) is 17.7. The summed E-state index contributed by atoms with van der Waals surface area (Å²) in [6.45, 7) is 25.1. The maximum atomic E-state index is 7.41. The zero-order valence-electron chi connectivity index (χ0n) is 44.8. The molecule has 0 atom stereocenters. The van der Waals surface area contributed by atoms with Crippen molar-refractivity contribution in [3.05, 3.63) is 221 Å². The summed E-state index contributed by atoms with van der Waals surface area (Å²) in [6.07, 6.45) is 0.892. The van der Waals surface area contributed by atoms with Crippen molar-refractivity contribution >= 4 is 69.0 Å². The van der Waals surface area contributed by atoms with Gasteiger partial charge in [-0.3, -0.25) is 0 Å². The number of benzene rings is 9. The number of aryl methyl sites for hydroxylation is 2. The number of anilines is 6. The maximum absolute atomic E-state index is 7.41. The van der Waals surface area contributed by atoms with Crippen molar-refractivity contribution in [3.8, 4) is 33.8 Å². The Morgan fingerprint density at radius 2 is 1.16 bits per heavy atom. The minimum absolute atomic E-state index is 0.0116. The van der Waals surface area contributed by atoms with Crippen molar-refractivity contribution in [2.24, 2.45) is 0 Å². The molecule has 2 heterocycles. The van der Waals surface area contributed by atoms with Crippen LogP contribution in [0.5, 0.6) is 11.5 Å². The highest BCUT2D eigenvalue weighted by atomic mass is 32.2. The van der Waals surface area contributed by atoms with E-state index in [0.717, 1.165) is 46.4 Å². The first-order valence-electron chi connectivity index (χ1n) is 26.4. The van der Waals surface area contributed by atoms with Crippen molar-refractivity contribution in [2.45, 2.75) is 109 Å². The van der Waals surface area contributed by atoms with Crippen molar-refractivity contribution in [1.29, 1.82) is 0 Å². The molecule has 3 aliphatic rings. The molecule has 0 unspecified atom stereocenters. The first-order valence-corrected chi connectivity index (χ1v) is 27.2. The molecule has 9 aromatic carbocycles. The third kappa shape index (κ3) is 8.44. The standard InChI is InChI=1S/C69H65BN2OS/c1-43-24-31-60(44(2)34-43)71(51-29-25-48(26-30-51)67(3,4)5)52-40-63-66-65(41-52)73-64-33-28-50(69(9,10)11)39-59(64)70(66)58-42-56-47(35-45-18-15-16-23-55(45)56)37-62(58)72(63)61-32-27-49(68(6,7)8)38-57(61)46-19-17-22-54(36-46)74-53-20-13-12-14-21-53/h12-34,36-42H,35H2,1-11H3. The van der Waals surface area contributed by atoms with Crippen LogP contribution in [0.15, 0.2) is 192 Å². The third-order valence-electron chi connectivity index (χ3n) is 15.6. The molecule has 12 rings (SSSR count). The highest BCUT2D eigenvalue weighted by molar-refractivity contribution is 7.99. The van der Waals surface area contributed by atoms with Crippen LogP contribution >= 0.6 is 11.8 Å². The van der Waals surface area contributed by atoms with Crippen LogP contribution in [0.1, 0.15) is 101 Å². The van der Waals surface area contributed by atoms with E-state index < -0.39 is 0 Å². The van der Waals surface area contributed by atoms with Gasteiger partial charge in [-0.1, -0.05) is 183 Å². The molecule has 0 amide bonds. The van der Waals surface area contributed by atoms with Gasteiger partial charge in [0.25, 0.3) is 6.71 Å². The summed E-state index contributed by atoms with van der Waals surface area (Å²) in [4.78, 5) is 7.49. The fourth-order valence-corrected chi connectivity index (χ4v) is 12.5. The zero-order valence-corrected chi connectivity index (χ0v) is 45.6. The van der Waals surface area contributed by atoms with Crippen molar-refractivity contribution in [1.82, 2.24) is 0 Å². The summed E-state index contributed by atoms with van der Waals surface area (Å²) in [5.41, 5.74) is 24.4. The van der Waals surface area contributed by atoms with Gasteiger partial charge in [-0.15, -0.1) is 0 Å². The minimum Gasteiger partial charge on any atom is -0.458 e. The SMILES string of the molecule is Cc1ccc(N(c2ccc(C(C)(C)C)cc2)c2cc3c4c(c2)N(c2ccc(C(C)(C)C)cc2-c2cccc(Sc5ccccc5)c2)c2cc5c(cc2B4c2cc(C(C)(C)C)ccc2O3)-c2ccccc2C5)c(C)c1. The lowest BCUT2D eigenvalue weighted by atomic mass is 9.34. The lowest BCUT2D eigenvalue weighted by Gasteiger charge is -2.42. The van der Waals surface area contributed by atoms with Crippen LogP contribution in [0, 0.1) is 13.8 Å². The Morgan fingerprint density at radius 3 is 1.91 bits per heavy atom. The number of hydrogen-bond acceptors (Lipinski definition) is 4. The first-order chi connectivity index (χ1) is 35.4. The average molecular weight is 981 g/mol. The van der Waals surface area contributed by atoms with Crippen molar-refractivity contribution < 1.29 is 4.74 Å². The van der Waals surface area contributed by atoms with Gasteiger partial charge < -0.3 is 14.5 Å². The predicted molar refractivity (Wildman–Crippen MR) is 317 cm³/mol. The van der Waals surface area contributed by atoms with E-state index in [9.17, 15) is 0 Å². The van der Waals surface area contributed by atoms with Gasteiger partial charge in [-0.05, 0) is 176 Å². The highest BCUT2D eigenvalue weighted by Crippen LogP contribution is 2.51. The molecule has 0 N–H and O–H groups in total. The Bertz CT molecular complexity index is 3690. The summed E-state index contributed by atoms with van der Waals surface area (Å²) in [6, 6.07) is 69.0. The van der Waals surface area contributed by atoms with Crippen LogP contribution in [-0.2, 0) is 22.7 Å². The Kier molecular flexibility index (Phi) is 11.5. The lowest BCUT2D eigenvalue weighted by molar-refractivity contribution is 0.486. The number of hydrogen-bond donors (Lipinski definition) is 0. The molecule has 366 valence electrons. The fraction of sp³-hybridized carbons (Fsp3) is 0.217. The van der Waals surface area contributed by atoms with Crippen LogP contribution in [0.2, 0.25) is 0 Å².